The molecule has 3 fully saturated rings. The maximum absolute atomic E-state index is 13.9. The van der Waals surface area contributed by atoms with Crippen molar-refractivity contribution < 1.29 is 24.2 Å². The number of hydrogen-bond acceptors (Lipinski definition) is 5. The lowest BCUT2D eigenvalue weighted by Gasteiger charge is -2.34. The molecule has 1 aromatic carbocycles. The molecule has 3 amide bonds. The number of unbranched alkanes of at least 4 members (excludes halogenated alkanes) is 2. The number of ether oxygens (including phenoxy) is 1. The van der Waals surface area contributed by atoms with Crippen molar-refractivity contribution in [3.63, 3.8) is 0 Å². The molecule has 8 nitrogen and oxygen atoms in total. The minimum Gasteiger partial charge on any atom is -0.396 e. The molecule has 192 valence electrons. The first-order chi connectivity index (χ1) is 16.8. The van der Waals surface area contributed by atoms with Crippen molar-refractivity contribution in [2.24, 2.45) is 11.8 Å². The molecule has 0 radical (unpaired) electrons. The maximum atomic E-state index is 13.9. The molecule has 35 heavy (non-hydrogen) atoms. The average Bonchev–Trinajstić information content (AvgIpc) is 3.44. The first kappa shape index (κ1) is 25.6. The van der Waals surface area contributed by atoms with Gasteiger partial charge in [-0.3, -0.25) is 14.4 Å². The Morgan fingerprint density at radius 2 is 1.89 bits per heavy atom. The largest absolute Gasteiger partial charge is 0.396 e. The fraction of sp³-hybridized carbons (Fsp3) is 0.667. The van der Waals surface area contributed by atoms with Crippen molar-refractivity contribution >= 4 is 17.7 Å². The topological polar surface area (TPSA) is 108 Å². The van der Waals surface area contributed by atoms with Crippen molar-refractivity contribution in [2.75, 3.05) is 13.2 Å². The number of hydrogen-bond donors (Lipinski definition) is 3. The molecule has 1 spiro atoms. The molecule has 0 saturated carbocycles. The summed E-state index contributed by atoms with van der Waals surface area (Å²) >= 11 is 0. The Hall–Kier alpha value is -2.45. The van der Waals surface area contributed by atoms with Gasteiger partial charge in [-0.05, 0) is 57.9 Å². The number of benzene rings is 1. The van der Waals surface area contributed by atoms with Crippen molar-refractivity contribution in [2.45, 2.75) is 89.1 Å². The van der Waals surface area contributed by atoms with Crippen LogP contribution >= 0.6 is 0 Å². The SMILES string of the molecule is CC[C@]12CCC3(O1)C(C(=O)NC(C)C)N(CCCCCO)C(=O)[C@@H]3[C@H]2C(=O)NCc1ccccc1. The van der Waals surface area contributed by atoms with Crippen molar-refractivity contribution in [1.29, 1.82) is 0 Å². The number of nitrogens with zero attached hydrogens (tertiary/aromatic N) is 1. The van der Waals surface area contributed by atoms with Crippen molar-refractivity contribution in [3.8, 4) is 0 Å². The summed E-state index contributed by atoms with van der Waals surface area (Å²) in [5.41, 5.74) is -0.735. The van der Waals surface area contributed by atoms with Gasteiger partial charge in [0.1, 0.15) is 11.6 Å². The summed E-state index contributed by atoms with van der Waals surface area (Å²) < 4.78 is 6.73. The van der Waals surface area contributed by atoms with E-state index in [-0.39, 0.29) is 30.4 Å². The van der Waals surface area contributed by atoms with Gasteiger partial charge in [0.2, 0.25) is 17.7 Å². The van der Waals surface area contributed by atoms with E-state index in [0.29, 0.717) is 45.2 Å². The summed E-state index contributed by atoms with van der Waals surface area (Å²) in [6, 6.07) is 8.87. The molecule has 0 aliphatic carbocycles. The zero-order valence-corrected chi connectivity index (χ0v) is 21.1. The van der Waals surface area contributed by atoms with E-state index in [2.05, 4.69) is 10.6 Å². The van der Waals surface area contributed by atoms with Gasteiger partial charge in [0.15, 0.2) is 0 Å². The summed E-state index contributed by atoms with van der Waals surface area (Å²) in [7, 11) is 0. The first-order valence-electron chi connectivity index (χ1n) is 13.0. The van der Waals surface area contributed by atoms with E-state index < -0.39 is 29.1 Å². The average molecular weight is 486 g/mol. The van der Waals surface area contributed by atoms with E-state index in [1.54, 1.807) is 4.90 Å². The highest BCUT2D eigenvalue weighted by molar-refractivity contribution is 5.99. The zero-order valence-electron chi connectivity index (χ0n) is 21.1. The third kappa shape index (κ3) is 4.47. The lowest BCUT2D eigenvalue weighted by atomic mass is 9.65. The summed E-state index contributed by atoms with van der Waals surface area (Å²) in [5.74, 6) is -1.86. The molecule has 3 N–H and O–H groups in total. The van der Waals surface area contributed by atoms with Gasteiger partial charge < -0.3 is 25.4 Å². The fourth-order valence-electron chi connectivity index (χ4n) is 6.49. The molecule has 4 rings (SSSR count). The molecule has 1 aromatic rings. The van der Waals surface area contributed by atoms with Crippen molar-refractivity contribution in [1.82, 2.24) is 15.5 Å². The summed E-state index contributed by atoms with van der Waals surface area (Å²) in [6.45, 7) is 6.69. The Labute approximate surface area is 207 Å². The van der Waals surface area contributed by atoms with Crippen LogP contribution in [-0.2, 0) is 25.7 Å². The van der Waals surface area contributed by atoms with E-state index in [4.69, 9.17) is 9.84 Å². The lowest BCUT2D eigenvalue weighted by Crippen LogP contribution is -2.56. The standard InChI is InChI=1S/C27H39N3O5/c1-4-26-13-14-27(35-26)21(20(26)23(32)28-17-19-11-7-5-8-12-19)25(34)30(15-9-6-10-16-31)22(27)24(33)29-18(2)3/h5,7-8,11-12,18,20-22,31H,4,6,9-10,13-17H2,1-3H3,(H,28,32)(H,29,33)/t20-,21-,22?,26+,27?/m0/s1. The molecule has 3 aliphatic rings. The number of carbonyl (C=O) groups is 3. The molecule has 0 aromatic heterocycles. The predicted octanol–water partition coefficient (Wildman–Crippen LogP) is 2.14. The summed E-state index contributed by atoms with van der Waals surface area (Å²) in [5, 5.41) is 15.2. The number of rotatable bonds is 11. The van der Waals surface area contributed by atoms with Crippen molar-refractivity contribution in [3.05, 3.63) is 35.9 Å². The Morgan fingerprint density at radius 1 is 1.14 bits per heavy atom. The van der Waals surface area contributed by atoms with E-state index in [1.165, 1.54) is 0 Å². The zero-order chi connectivity index (χ0) is 25.2. The normalized spacial score (nSPS) is 31.2. The van der Waals surface area contributed by atoms with Gasteiger partial charge in [-0.25, -0.2) is 0 Å². The van der Waals surface area contributed by atoms with Gasteiger partial charge in [0, 0.05) is 25.7 Å². The number of amides is 3. The van der Waals surface area contributed by atoms with Crippen LogP contribution in [0.2, 0.25) is 0 Å². The van der Waals surface area contributed by atoms with E-state index in [0.717, 1.165) is 12.0 Å². The van der Waals surface area contributed by atoms with Gasteiger partial charge in [0.05, 0.1) is 17.4 Å². The highest BCUT2D eigenvalue weighted by Gasteiger charge is 2.78. The molecule has 8 heteroatoms. The minimum absolute atomic E-state index is 0.0759. The second-order valence-electron chi connectivity index (χ2n) is 10.5. The molecule has 2 unspecified atom stereocenters. The van der Waals surface area contributed by atoms with Crippen LogP contribution in [0.25, 0.3) is 0 Å². The van der Waals surface area contributed by atoms with Gasteiger partial charge in [0.25, 0.3) is 0 Å². The molecule has 3 saturated heterocycles. The van der Waals surface area contributed by atoms with E-state index in [1.807, 2.05) is 51.1 Å². The second-order valence-corrected chi connectivity index (χ2v) is 10.5. The number of aliphatic hydroxyl groups excluding tert-OH is 1. The number of likely N-dealkylation sites (tertiary alicyclic amines) is 1. The Bertz CT molecular complexity index is 938. The molecule has 5 atom stereocenters. The Balaban J connectivity index is 1.63. The smallest absolute Gasteiger partial charge is 0.246 e. The summed E-state index contributed by atoms with van der Waals surface area (Å²) in [4.78, 5) is 42.7. The molecular weight excluding hydrogens is 446 g/mol. The second kappa shape index (κ2) is 10.3. The third-order valence-electron chi connectivity index (χ3n) is 8.01. The molecule has 3 aliphatic heterocycles. The van der Waals surface area contributed by atoms with Gasteiger partial charge in [-0.15, -0.1) is 0 Å². The predicted molar refractivity (Wildman–Crippen MR) is 131 cm³/mol. The molecular formula is C27H39N3O5. The van der Waals surface area contributed by atoms with Crippen LogP contribution in [0.5, 0.6) is 0 Å². The van der Waals surface area contributed by atoms with Crippen LogP contribution in [-0.4, -0.2) is 64.2 Å². The van der Waals surface area contributed by atoms with Gasteiger partial charge >= 0.3 is 0 Å². The van der Waals surface area contributed by atoms with Crippen LogP contribution in [0.3, 0.4) is 0 Å². The highest BCUT2D eigenvalue weighted by atomic mass is 16.5. The number of nitrogens with one attached hydrogen (secondary N) is 2. The first-order valence-corrected chi connectivity index (χ1v) is 13.0. The molecule has 2 bridgehead atoms. The third-order valence-corrected chi connectivity index (χ3v) is 8.01. The quantitative estimate of drug-likeness (QED) is 0.416. The monoisotopic (exact) mass is 485 g/mol. The highest BCUT2D eigenvalue weighted by Crippen LogP contribution is 2.64. The summed E-state index contributed by atoms with van der Waals surface area (Å²) in [6.07, 6.45) is 3.95. The van der Waals surface area contributed by atoms with E-state index in [9.17, 15) is 14.4 Å². The number of carbonyl (C=O) groups excluding carboxylic acids is 3. The van der Waals surface area contributed by atoms with Gasteiger partial charge in [-0.2, -0.15) is 0 Å². The van der Waals surface area contributed by atoms with Crippen LogP contribution in [0.15, 0.2) is 30.3 Å². The number of aliphatic hydroxyl groups is 1. The molecule has 3 heterocycles. The maximum Gasteiger partial charge on any atom is 0.246 e. The minimum atomic E-state index is -0.988. The van der Waals surface area contributed by atoms with Crippen LogP contribution in [0, 0.1) is 11.8 Å². The van der Waals surface area contributed by atoms with E-state index >= 15 is 0 Å². The van der Waals surface area contributed by atoms with Gasteiger partial charge in [-0.1, -0.05) is 37.3 Å². The Kier molecular flexibility index (Phi) is 7.52. The lowest BCUT2D eigenvalue weighted by molar-refractivity contribution is -0.148. The van der Waals surface area contributed by atoms with Crippen LogP contribution in [0.1, 0.15) is 64.9 Å². The number of fused-ring (bicyclic) bond motifs is 1. The van der Waals surface area contributed by atoms with Crippen LogP contribution < -0.4 is 10.6 Å². The van der Waals surface area contributed by atoms with Crippen LogP contribution in [0.4, 0.5) is 0 Å². The fourth-order valence-corrected chi connectivity index (χ4v) is 6.49. The Morgan fingerprint density at radius 3 is 2.54 bits per heavy atom.